The smallest absolute Gasteiger partial charge is 0.305 e. The molecule has 1 heterocycles. The van der Waals surface area contributed by atoms with Crippen molar-refractivity contribution < 1.29 is 14.7 Å². The maximum atomic E-state index is 11.4. The highest BCUT2D eigenvalue weighted by atomic mass is 16.4. The van der Waals surface area contributed by atoms with Crippen LogP contribution in [0.4, 0.5) is 0 Å². The van der Waals surface area contributed by atoms with Crippen molar-refractivity contribution in [2.75, 3.05) is 0 Å². The van der Waals surface area contributed by atoms with Gasteiger partial charge in [-0.2, -0.15) is 0 Å². The number of hydrogen-bond acceptors (Lipinski definition) is 4. The molecule has 1 aromatic heterocycles. The molecule has 6 nitrogen and oxygen atoms in total. The van der Waals surface area contributed by atoms with E-state index < -0.39 is 17.9 Å². The van der Waals surface area contributed by atoms with Crippen LogP contribution in [-0.2, 0) is 16.1 Å². The van der Waals surface area contributed by atoms with Crippen LogP contribution in [0.15, 0.2) is 18.5 Å². The van der Waals surface area contributed by atoms with Gasteiger partial charge in [0.05, 0.1) is 12.5 Å². The Morgan fingerprint density at radius 1 is 1.59 bits per heavy atom. The van der Waals surface area contributed by atoms with E-state index in [2.05, 4.69) is 10.3 Å². The van der Waals surface area contributed by atoms with Crippen molar-refractivity contribution in [1.29, 1.82) is 0 Å². The third-order valence-electron chi connectivity index (χ3n) is 2.33. The lowest BCUT2D eigenvalue weighted by molar-refractivity contribution is -0.139. The summed E-state index contributed by atoms with van der Waals surface area (Å²) < 4.78 is 0. The minimum absolute atomic E-state index is 0.297. The number of aliphatic carboxylic acids is 1. The van der Waals surface area contributed by atoms with E-state index in [1.807, 2.05) is 13.0 Å². The van der Waals surface area contributed by atoms with E-state index in [0.29, 0.717) is 6.54 Å². The minimum atomic E-state index is -1.09. The summed E-state index contributed by atoms with van der Waals surface area (Å²) in [5.74, 6) is -1.57. The van der Waals surface area contributed by atoms with E-state index in [9.17, 15) is 9.59 Å². The van der Waals surface area contributed by atoms with Gasteiger partial charge < -0.3 is 16.2 Å². The Hall–Kier alpha value is -1.95. The second-order valence-electron chi connectivity index (χ2n) is 3.72. The van der Waals surface area contributed by atoms with Crippen LogP contribution in [0.2, 0.25) is 0 Å². The van der Waals surface area contributed by atoms with Crippen molar-refractivity contribution in [1.82, 2.24) is 10.3 Å². The first kappa shape index (κ1) is 13.1. The van der Waals surface area contributed by atoms with E-state index in [-0.39, 0.29) is 6.42 Å². The monoisotopic (exact) mass is 237 g/mol. The highest BCUT2D eigenvalue weighted by molar-refractivity contribution is 5.85. The molecule has 0 saturated carbocycles. The number of carboxylic acids is 1. The third-order valence-corrected chi connectivity index (χ3v) is 2.33. The third kappa shape index (κ3) is 4.20. The lowest BCUT2D eigenvalue weighted by Crippen LogP contribution is -2.41. The summed E-state index contributed by atoms with van der Waals surface area (Å²) in [7, 11) is 0. The van der Waals surface area contributed by atoms with E-state index >= 15 is 0 Å². The number of aryl methyl sites for hydroxylation is 1. The lowest BCUT2D eigenvalue weighted by Gasteiger charge is -2.11. The average molecular weight is 237 g/mol. The molecule has 1 unspecified atom stereocenters. The molecular formula is C11H15N3O3. The zero-order valence-corrected chi connectivity index (χ0v) is 9.51. The highest BCUT2D eigenvalue weighted by Crippen LogP contribution is 2.04. The number of rotatable bonds is 5. The molecule has 1 amide bonds. The Kier molecular flexibility index (Phi) is 4.59. The molecule has 0 bridgehead atoms. The van der Waals surface area contributed by atoms with Gasteiger partial charge in [0, 0.05) is 18.9 Å². The Balaban J connectivity index is 2.48. The molecule has 6 heteroatoms. The fourth-order valence-electron chi connectivity index (χ4n) is 1.28. The van der Waals surface area contributed by atoms with Crippen LogP contribution in [0.3, 0.4) is 0 Å². The van der Waals surface area contributed by atoms with Gasteiger partial charge in [0.1, 0.15) is 0 Å². The number of nitrogens with zero attached hydrogens (tertiary/aromatic N) is 1. The molecule has 0 spiro atoms. The molecule has 4 N–H and O–H groups in total. The van der Waals surface area contributed by atoms with Gasteiger partial charge in [0.25, 0.3) is 0 Å². The average Bonchev–Trinajstić information content (AvgIpc) is 2.26. The van der Waals surface area contributed by atoms with Crippen molar-refractivity contribution in [2.45, 2.75) is 25.9 Å². The number of pyridine rings is 1. The number of carbonyl (C=O) groups is 2. The first-order valence-corrected chi connectivity index (χ1v) is 5.15. The summed E-state index contributed by atoms with van der Waals surface area (Å²) in [5, 5.41) is 11.1. The molecule has 17 heavy (non-hydrogen) atoms. The zero-order chi connectivity index (χ0) is 12.8. The summed E-state index contributed by atoms with van der Waals surface area (Å²) in [6.45, 7) is 2.20. The molecule has 0 aromatic carbocycles. The van der Waals surface area contributed by atoms with Gasteiger partial charge in [-0.1, -0.05) is 0 Å². The fraction of sp³-hybridized carbons (Fsp3) is 0.364. The standard InChI is InChI=1S/C11H15N3O3/c1-7-2-3-13-5-8(7)6-14-11(17)9(12)4-10(15)16/h2-3,5,9H,4,6,12H2,1H3,(H,14,17)(H,15,16). The van der Waals surface area contributed by atoms with Gasteiger partial charge in [0.2, 0.25) is 5.91 Å². The molecule has 1 aromatic rings. The van der Waals surface area contributed by atoms with Gasteiger partial charge in [-0.3, -0.25) is 14.6 Å². The normalized spacial score (nSPS) is 11.9. The number of nitrogens with one attached hydrogen (secondary N) is 1. The number of carboxylic acid groups (broad SMARTS) is 1. The van der Waals surface area contributed by atoms with Crippen molar-refractivity contribution in [2.24, 2.45) is 5.73 Å². The summed E-state index contributed by atoms with van der Waals surface area (Å²) in [6.07, 6.45) is 2.94. The fourth-order valence-corrected chi connectivity index (χ4v) is 1.28. The van der Waals surface area contributed by atoms with Crippen LogP contribution in [-0.4, -0.2) is 28.0 Å². The quantitative estimate of drug-likeness (QED) is 0.658. The van der Waals surface area contributed by atoms with Crippen LogP contribution in [0.5, 0.6) is 0 Å². The summed E-state index contributed by atoms with van der Waals surface area (Å²) in [4.78, 5) is 25.8. The Morgan fingerprint density at radius 3 is 2.88 bits per heavy atom. The second kappa shape index (κ2) is 5.95. The highest BCUT2D eigenvalue weighted by Gasteiger charge is 2.16. The Labute approximate surface area is 98.8 Å². The lowest BCUT2D eigenvalue weighted by atomic mass is 10.1. The molecule has 0 radical (unpaired) electrons. The predicted molar refractivity (Wildman–Crippen MR) is 61.0 cm³/mol. The van der Waals surface area contributed by atoms with E-state index in [0.717, 1.165) is 11.1 Å². The summed E-state index contributed by atoms with van der Waals surface area (Å²) in [6, 6.07) is 0.808. The first-order valence-electron chi connectivity index (χ1n) is 5.15. The molecule has 0 aliphatic heterocycles. The van der Waals surface area contributed by atoms with E-state index in [1.165, 1.54) is 0 Å². The minimum Gasteiger partial charge on any atom is -0.481 e. The number of nitrogens with two attached hydrogens (primary N) is 1. The number of amides is 1. The Morgan fingerprint density at radius 2 is 2.29 bits per heavy atom. The van der Waals surface area contributed by atoms with Crippen molar-refractivity contribution in [3.05, 3.63) is 29.6 Å². The van der Waals surface area contributed by atoms with Crippen LogP contribution < -0.4 is 11.1 Å². The molecule has 0 saturated heterocycles. The van der Waals surface area contributed by atoms with Crippen LogP contribution in [0, 0.1) is 6.92 Å². The summed E-state index contributed by atoms with van der Waals surface area (Å²) in [5.41, 5.74) is 7.30. The van der Waals surface area contributed by atoms with Crippen molar-refractivity contribution >= 4 is 11.9 Å². The first-order chi connectivity index (χ1) is 8.00. The number of carbonyl (C=O) groups excluding carboxylic acids is 1. The summed E-state index contributed by atoms with van der Waals surface area (Å²) >= 11 is 0. The molecule has 1 atom stereocenters. The van der Waals surface area contributed by atoms with E-state index in [4.69, 9.17) is 10.8 Å². The molecule has 0 aliphatic carbocycles. The van der Waals surface area contributed by atoms with Crippen molar-refractivity contribution in [3.8, 4) is 0 Å². The molecule has 1 rings (SSSR count). The van der Waals surface area contributed by atoms with Crippen LogP contribution in [0.1, 0.15) is 17.5 Å². The molecule has 92 valence electrons. The molecular weight excluding hydrogens is 222 g/mol. The molecule has 0 aliphatic rings. The van der Waals surface area contributed by atoms with Gasteiger partial charge in [-0.15, -0.1) is 0 Å². The maximum absolute atomic E-state index is 11.4. The zero-order valence-electron chi connectivity index (χ0n) is 9.51. The van der Waals surface area contributed by atoms with Crippen LogP contribution in [0.25, 0.3) is 0 Å². The Bertz CT molecular complexity index is 420. The maximum Gasteiger partial charge on any atom is 0.305 e. The topological polar surface area (TPSA) is 105 Å². The van der Waals surface area contributed by atoms with Gasteiger partial charge >= 0.3 is 5.97 Å². The largest absolute Gasteiger partial charge is 0.481 e. The van der Waals surface area contributed by atoms with Crippen LogP contribution >= 0.6 is 0 Å². The van der Waals surface area contributed by atoms with Gasteiger partial charge in [-0.25, -0.2) is 0 Å². The van der Waals surface area contributed by atoms with E-state index in [1.54, 1.807) is 12.4 Å². The second-order valence-corrected chi connectivity index (χ2v) is 3.72. The SMILES string of the molecule is Cc1ccncc1CNC(=O)C(N)CC(=O)O. The van der Waals surface area contributed by atoms with Gasteiger partial charge in [-0.05, 0) is 24.1 Å². The van der Waals surface area contributed by atoms with Crippen molar-refractivity contribution in [3.63, 3.8) is 0 Å². The number of hydrogen-bond donors (Lipinski definition) is 3. The number of aromatic nitrogens is 1. The van der Waals surface area contributed by atoms with Gasteiger partial charge in [0.15, 0.2) is 0 Å². The molecule has 0 fully saturated rings. The predicted octanol–water partition coefficient (Wildman–Crippen LogP) is -0.192.